The minimum absolute atomic E-state index is 0.0684. The van der Waals surface area contributed by atoms with Crippen LogP contribution in [0.2, 0.25) is 0 Å². The van der Waals surface area contributed by atoms with Gasteiger partial charge in [-0.25, -0.2) is 0 Å². The summed E-state index contributed by atoms with van der Waals surface area (Å²) in [6.07, 6.45) is 2.00. The molecule has 0 amide bonds. The third kappa shape index (κ3) is 5.21. The molecule has 10 nitrogen and oxygen atoms in total. The number of anilines is 3. The van der Waals surface area contributed by atoms with Crippen LogP contribution in [-0.4, -0.2) is 58.3 Å². The van der Waals surface area contributed by atoms with Crippen molar-refractivity contribution in [2.45, 2.75) is 13.0 Å². The van der Waals surface area contributed by atoms with Crippen LogP contribution < -0.4 is 20.7 Å². The molecule has 0 bridgehead atoms. The van der Waals surface area contributed by atoms with Crippen molar-refractivity contribution in [3.63, 3.8) is 0 Å². The second-order valence-electron chi connectivity index (χ2n) is 9.80. The zero-order valence-corrected chi connectivity index (χ0v) is 22.1. The Bertz CT molecular complexity index is 1730. The minimum atomic E-state index is -2.87. The molecular weight excluding hydrogens is 532 g/mol. The first kappa shape index (κ1) is 26.4. The molecular formula is C29H25F2N7O3. The highest BCUT2D eigenvalue weighted by atomic mass is 19.3. The van der Waals surface area contributed by atoms with Crippen molar-refractivity contribution < 1.29 is 13.2 Å². The highest BCUT2D eigenvalue weighted by Gasteiger charge is 2.32. The normalized spacial score (nSPS) is 14.2. The number of benzene rings is 1. The van der Waals surface area contributed by atoms with Gasteiger partial charge in [0.2, 0.25) is 5.89 Å². The predicted molar refractivity (Wildman–Crippen MR) is 149 cm³/mol. The molecule has 1 fully saturated rings. The maximum absolute atomic E-state index is 13.1. The molecule has 0 atom stereocenters. The lowest BCUT2D eigenvalue weighted by Gasteiger charge is -2.37. The van der Waals surface area contributed by atoms with Crippen molar-refractivity contribution in [1.29, 1.82) is 0 Å². The van der Waals surface area contributed by atoms with Crippen LogP contribution in [0.15, 0.2) is 81.1 Å². The molecule has 1 aliphatic heterocycles. The second-order valence-corrected chi connectivity index (χ2v) is 9.80. The van der Waals surface area contributed by atoms with Gasteiger partial charge in [-0.15, -0.1) is 10.2 Å². The van der Waals surface area contributed by atoms with E-state index < -0.39 is 23.2 Å². The number of piperazine rings is 1. The van der Waals surface area contributed by atoms with Gasteiger partial charge < -0.3 is 19.1 Å². The van der Waals surface area contributed by atoms with Gasteiger partial charge in [0.05, 0.1) is 17.8 Å². The lowest BCUT2D eigenvalue weighted by Crippen LogP contribution is -2.51. The fourth-order valence-corrected chi connectivity index (χ4v) is 4.88. The number of pyridine rings is 2. The highest BCUT2D eigenvalue weighted by molar-refractivity contribution is 5.83. The van der Waals surface area contributed by atoms with E-state index in [1.165, 1.54) is 6.20 Å². The Morgan fingerprint density at radius 2 is 1.71 bits per heavy atom. The molecule has 1 aliphatic rings. The number of aromatic nitrogens is 4. The molecule has 1 saturated heterocycles. The quantitative estimate of drug-likeness (QED) is 0.261. The van der Waals surface area contributed by atoms with Gasteiger partial charge in [0.15, 0.2) is 0 Å². The molecule has 6 rings (SSSR count). The lowest BCUT2D eigenvalue weighted by atomic mass is 10.0. The molecule has 208 valence electrons. The third-order valence-electron chi connectivity index (χ3n) is 7.14. The molecule has 3 aromatic heterocycles. The van der Waals surface area contributed by atoms with E-state index in [4.69, 9.17) is 4.42 Å². The molecule has 0 unspecified atom stereocenters. The van der Waals surface area contributed by atoms with Crippen LogP contribution in [0.1, 0.15) is 18.0 Å². The van der Waals surface area contributed by atoms with Gasteiger partial charge in [0.1, 0.15) is 11.4 Å². The van der Waals surface area contributed by atoms with Crippen molar-refractivity contribution in [3.05, 3.63) is 99.2 Å². The molecule has 5 aromatic rings. The van der Waals surface area contributed by atoms with Crippen molar-refractivity contribution in [1.82, 2.24) is 25.1 Å². The smallest absolute Gasteiger partial charge is 0.314 e. The maximum Gasteiger partial charge on any atom is 0.314 e. The number of hydrogen-bond donors (Lipinski definition) is 0. The fourth-order valence-electron chi connectivity index (χ4n) is 4.88. The van der Waals surface area contributed by atoms with E-state index >= 15 is 0 Å². The Morgan fingerprint density at radius 3 is 2.39 bits per heavy atom. The summed E-state index contributed by atoms with van der Waals surface area (Å²) in [4.78, 5) is 40.6. The Morgan fingerprint density at radius 1 is 0.927 bits per heavy atom. The Labute approximate surface area is 233 Å². The highest BCUT2D eigenvalue weighted by Crippen LogP contribution is 2.35. The molecule has 0 saturated carbocycles. The largest absolute Gasteiger partial charge is 0.415 e. The van der Waals surface area contributed by atoms with Gasteiger partial charge in [-0.3, -0.25) is 19.6 Å². The Kier molecular flexibility index (Phi) is 7.06. The summed E-state index contributed by atoms with van der Waals surface area (Å²) in [7, 11) is 2.02. The molecule has 41 heavy (non-hydrogen) atoms. The first-order valence-electron chi connectivity index (χ1n) is 13.0. The van der Waals surface area contributed by atoms with E-state index in [1.54, 1.807) is 24.5 Å². The molecule has 0 aliphatic carbocycles. The van der Waals surface area contributed by atoms with Gasteiger partial charge in [-0.1, -0.05) is 12.1 Å². The first-order valence-corrected chi connectivity index (χ1v) is 13.0. The summed E-state index contributed by atoms with van der Waals surface area (Å²) in [6, 6.07) is 14.8. The standard InChI is InChI=1S/C29H25F2N7O3/c1-36-11-13-37(14-12-36)23-24(26(40)25(23)39)38(22-4-2-3-19(15-22)18-7-9-32-10-8-18)17-21-6-5-20(16-33-21)28-34-35-29(41-28)27(30)31/h2-10,15-16,27H,11-14,17H2,1H3. The van der Waals surface area contributed by atoms with Crippen molar-refractivity contribution in [2.24, 2.45) is 0 Å². The van der Waals surface area contributed by atoms with Crippen LogP contribution in [0.4, 0.5) is 25.8 Å². The number of likely N-dealkylation sites (N-methyl/N-ethyl adjacent to an activating group) is 1. The molecule has 12 heteroatoms. The number of alkyl halides is 2. The van der Waals surface area contributed by atoms with E-state index in [2.05, 4.69) is 25.1 Å². The fraction of sp³-hybridized carbons (Fsp3) is 0.241. The number of nitrogens with zero attached hydrogens (tertiary/aromatic N) is 7. The van der Waals surface area contributed by atoms with Crippen molar-refractivity contribution in [3.8, 4) is 22.6 Å². The van der Waals surface area contributed by atoms with Gasteiger partial charge in [-0.05, 0) is 54.6 Å². The van der Waals surface area contributed by atoms with E-state index in [1.807, 2.05) is 53.2 Å². The monoisotopic (exact) mass is 557 g/mol. The molecule has 0 spiro atoms. The topological polar surface area (TPSA) is 109 Å². The van der Waals surface area contributed by atoms with Gasteiger partial charge in [0, 0.05) is 50.5 Å². The van der Waals surface area contributed by atoms with E-state index in [0.717, 1.165) is 24.2 Å². The number of hydrogen-bond acceptors (Lipinski definition) is 10. The molecule has 4 heterocycles. The van der Waals surface area contributed by atoms with Crippen molar-refractivity contribution >= 4 is 17.1 Å². The second kappa shape index (κ2) is 11.0. The van der Waals surface area contributed by atoms with E-state index in [0.29, 0.717) is 41.4 Å². The molecule has 2 aromatic carbocycles. The van der Waals surface area contributed by atoms with Crippen LogP contribution in [0.3, 0.4) is 0 Å². The summed E-state index contributed by atoms with van der Waals surface area (Å²) >= 11 is 0. The minimum Gasteiger partial charge on any atom is -0.415 e. The summed E-state index contributed by atoms with van der Waals surface area (Å²) < 4.78 is 30.8. The summed E-state index contributed by atoms with van der Waals surface area (Å²) in [5.41, 5.74) is 3.26. The van der Waals surface area contributed by atoms with Crippen LogP contribution in [-0.2, 0) is 6.54 Å². The maximum atomic E-state index is 13.1. The number of halogens is 2. The van der Waals surface area contributed by atoms with Crippen LogP contribution in [0.5, 0.6) is 0 Å². The van der Waals surface area contributed by atoms with Gasteiger partial charge >= 0.3 is 6.43 Å². The zero-order valence-electron chi connectivity index (χ0n) is 22.1. The SMILES string of the molecule is CN1CCN(c2c(N(Cc3ccc(-c4nnc(C(F)F)o4)cn3)c3cccc(-c4ccncc4)c3)c(=O)c2=O)CC1. The average Bonchev–Trinajstić information content (AvgIpc) is 3.51. The Hall–Kier alpha value is -4.84. The third-order valence-corrected chi connectivity index (χ3v) is 7.14. The van der Waals surface area contributed by atoms with Crippen LogP contribution in [0, 0.1) is 0 Å². The number of rotatable bonds is 8. The summed E-state index contributed by atoms with van der Waals surface area (Å²) in [5.74, 6) is -0.832. The van der Waals surface area contributed by atoms with Crippen LogP contribution >= 0.6 is 0 Å². The molecule has 0 radical (unpaired) electrons. The summed E-state index contributed by atoms with van der Waals surface area (Å²) in [6.45, 7) is 3.01. The van der Waals surface area contributed by atoms with Gasteiger partial charge in [-0.2, -0.15) is 8.78 Å². The average molecular weight is 558 g/mol. The van der Waals surface area contributed by atoms with Crippen LogP contribution in [0.25, 0.3) is 22.6 Å². The lowest BCUT2D eigenvalue weighted by molar-refractivity contribution is 0.116. The Balaban J connectivity index is 1.37. The zero-order chi connectivity index (χ0) is 28.5. The molecule has 0 N–H and O–H groups in total. The summed E-state index contributed by atoms with van der Waals surface area (Å²) in [5, 5.41) is 7.03. The van der Waals surface area contributed by atoms with Gasteiger partial charge in [0.25, 0.3) is 16.7 Å². The predicted octanol–water partition coefficient (Wildman–Crippen LogP) is 3.82. The first-order chi connectivity index (χ1) is 19.9. The van der Waals surface area contributed by atoms with E-state index in [-0.39, 0.29) is 12.4 Å². The van der Waals surface area contributed by atoms with E-state index in [9.17, 15) is 18.4 Å². The van der Waals surface area contributed by atoms with Crippen molar-refractivity contribution in [2.75, 3.05) is 43.0 Å².